The highest BCUT2D eigenvalue weighted by Gasteiger charge is 2.06. The Balaban J connectivity index is 2.23. The summed E-state index contributed by atoms with van der Waals surface area (Å²) >= 11 is 11.5. The monoisotopic (exact) mass is 310 g/mol. The molecule has 0 heterocycles. The standard InChI is InChI=1S/C13H8Cl2N2O3/c14-11-5-9(6-12(15)13(11)18)16-7-8-1-3-10(4-2-8)17(19)20/h1-7,18H. The Bertz CT molecular complexity index is 662. The number of aliphatic imine (C=N–C) groups is 1. The highest BCUT2D eigenvalue weighted by atomic mass is 35.5. The van der Waals surface area contributed by atoms with Crippen molar-refractivity contribution in [3.8, 4) is 5.75 Å². The number of phenols is 1. The van der Waals surface area contributed by atoms with E-state index in [0.717, 1.165) is 0 Å². The highest BCUT2D eigenvalue weighted by molar-refractivity contribution is 6.37. The van der Waals surface area contributed by atoms with Crippen molar-refractivity contribution in [3.63, 3.8) is 0 Å². The van der Waals surface area contributed by atoms with Crippen LogP contribution in [0.15, 0.2) is 41.4 Å². The van der Waals surface area contributed by atoms with Crippen LogP contribution in [0.2, 0.25) is 10.0 Å². The topological polar surface area (TPSA) is 75.7 Å². The van der Waals surface area contributed by atoms with Crippen LogP contribution in [0.3, 0.4) is 0 Å². The van der Waals surface area contributed by atoms with Crippen LogP contribution in [0.1, 0.15) is 5.56 Å². The molecule has 0 radical (unpaired) electrons. The van der Waals surface area contributed by atoms with Gasteiger partial charge in [-0.25, -0.2) is 0 Å². The Kier molecular flexibility index (Phi) is 4.22. The Morgan fingerprint density at radius 2 is 1.70 bits per heavy atom. The third-order valence-corrected chi connectivity index (χ3v) is 3.04. The Labute approximate surface area is 124 Å². The molecule has 0 fully saturated rings. The van der Waals surface area contributed by atoms with E-state index in [4.69, 9.17) is 23.2 Å². The second-order valence-corrected chi connectivity index (χ2v) is 4.68. The first-order valence-electron chi connectivity index (χ1n) is 5.44. The van der Waals surface area contributed by atoms with Crippen LogP contribution in [-0.2, 0) is 0 Å². The minimum absolute atomic E-state index is 0.0119. The number of hydrogen-bond acceptors (Lipinski definition) is 4. The van der Waals surface area contributed by atoms with Crippen molar-refractivity contribution in [2.75, 3.05) is 0 Å². The third-order valence-electron chi connectivity index (χ3n) is 2.47. The predicted octanol–water partition coefficient (Wildman–Crippen LogP) is 4.36. The van der Waals surface area contributed by atoms with Gasteiger partial charge in [-0.05, 0) is 29.8 Å². The first kappa shape index (κ1) is 14.3. The summed E-state index contributed by atoms with van der Waals surface area (Å²) in [6, 6.07) is 8.85. The van der Waals surface area contributed by atoms with E-state index in [1.807, 2.05) is 0 Å². The summed E-state index contributed by atoms with van der Waals surface area (Å²) in [6.45, 7) is 0. The zero-order valence-corrected chi connectivity index (χ0v) is 11.5. The summed E-state index contributed by atoms with van der Waals surface area (Å²) in [4.78, 5) is 14.2. The van der Waals surface area contributed by atoms with Crippen molar-refractivity contribution in [3.05, 3.63) is 62.1 Å². The lowest BCUT2D eigenvalue weighted by atomic mass is 10.2. The lowest BCUT2D eigenvalue weighted by Gasteiger charge is -2.01. The maximum atomic E-state index is 10.5. The number of hydrogen-bond donors (Lipinski definition) is 1. The smallest absolute Gasteiger partial charge is 0.269 e. The molecule has 0 aliphatic carbocycles. The lowest BCUT2D eigenvalue weighted by molar-refractivity contribution is -0.384. The molecular weight excluding hydrogens is 303 g/mol. The number of benzene rings is 2. The summed E-state index contributed by atoms with van der Waals surface area (Å²) < 4.78 is 0. The lowest BCUT2D eigenvalue weighted by Crippen LogP contribution is -1.88. The molecule has 0 amide bonds. The molecule has 0 atom stereocenters. The second-order valence-electron chi connectivity index (χ2n) is 3.86. The van der Waals surface area contributed by atoms with E-state index >= 15 is 0 Å². The van der Waals surface area contributed by atoms with Crippen molar-refractivity contribution in [2.45, 2.75) is 0 Å². The molecule has 0 aromatic heterocycles. The SMILES string of the molecule is O=[N+]([O-])c1ccc(C=Nc2cc(Cl)c(O)c(Cl)c2)cc1. The van der Waals surface area contributed by atoms with Crippen molar-refractivity contribution >= 4 is 40.8 Å². The average molecular weight is 311 g/mol. The second kappa shape index (κ2) is 5.90. The molecule has 0 aliphatic rings. The van der Waals surface area contributed by atoms with Crippen LogP contribution in [0, 0.1) is 10.1 Å². The molecule has 2 aromatic rings. The van der Waals surface area contributed by atoms with Gasteiger partial charge in [0.15, 0.2) is 5.75 Å². The van der Waals surface area contributed by atoms with Crippen LogP contribution in [0.5, 0.6) is 5.75 Å². The normalized spacial score (nSPS) is 10.9. The molecule has 102 valence electrons. The average Bonchev–Trinajstić information content (AvgIpc) is 2.42. The third kappa shape index (κ3) is 3.26. The Morgan fingerprint density at radius 3 is 2.20 bits per heavy atom. The fourth-order valence-corrected chi connectivity index (χ4v) is 1.93. The number of phenolic OH excluding ortho intramolecular Hbond substituents is 1. The van der Waals surface area contributed by atoms with Crippen LogP contribution in [-0.4, -0.2) is 16.2 Å². The summed E-state index contributed by atoms with van der Waals surface area (Å²) in [5.74, 6) is -0.192. The van der Waals surface area contributed by atoms with Gasteiger partial charge in [-0.1, -0.05) is 23.2 Å². The van der Waals surface area contributed by atoms with Crippen molar-refractivity contribution < 1.29 is 10.0 Å². The van der Waals surface area contributed by atoms with Gasteiger partial charge in [0, 0.05) is 18.3 Å². The van der Waals surface area contributed by atoms with Crippen molar-refractivity contribution in [1.82, 2.24) is 0 Å². The van der Waals surface area contributed by atoms with Gasteiger partial charge in [0.2, 0.25) is 0 Å². The zero-order valence-electron chi connectivity index (χ0n) is 9.96. The largest absolute Gasteiger partial charge is 0.505 e. The first-order chi connectivity index (χ1) is 9.47. The number of nitro benzene ring substituents is 1. The van der Waals surface area contributed by atoms with E-state index in [1.165, 1.54) is 30.5 Å². The van der Waals surface area contributed by atoms with E-state index in [-0.39, 0.29) is 21.5 Å². The predicted molar refractivity (Wildman–Crippen MR) is 78.5 cm³/mol. The van der Waals surface area contributed by atoms with E-state index in [1.54, 1.807) is 12.1 Å². The fraction of sp³-hybridized carbons (Fsp3) is 0. The molecule has 0 saturated carbocycles. The summed E-state index contributed by atoms with van der Waals surface area (Å²) in [5.41, 5.74) is 1.17. The minimum Gasteiger partial charge on any atom is -0.505 e. The number of aromatic hydroxyl groups is 1. The molecule has 20 heavy (non-hydrogen) atoms. The van der Waals surface area contributed by atoms with Gasteiger partial charge in [0.05, 0.1) is 20.7 Å². The number of nitrogens with zero attached hydrogens (tertiary/aromatic N) is 2. The van der Waals surface area contributed by atoms with Gasteiger partial charge in [-0.15, -0.1) is 0 Å². The summed E-state index contributed by atoms with van der Waals surface area (Å²) in [7, 11) is 0. The molecule has 5 nitrogen and oxygen atoms in total. The molecular formula is C13H8Cl2N2O3. The van der Waals surface area contributed by atoms with Crippen LogP contribution in [0.4, 0.5) is 11.4 Å². The van der Waals surface area contributed by atoms with E-state index in [0.29, 0.717) is 11.3 Å². The van der Waals surface area contributed by atoms with Crippen molar-refractivity contribution in [2.24, 2.45) is 4.99 Å². The Hall–Kier alpha value is -2.11. The molecule has 0 unspecified atom stereocenters. The maximum Gasteiger partial charge on any atom is 0.269 e. The molecule has 0 aliphatic heterocycles. The van der Waals surface area contributed by atoms with Crippen molar-refractivity contribution in [1.29, 1.82) is 0 Å². The van der Waals surface area contributed by atoms with Gasteiger partial charge in [0.25, 0.3) is 5.69 Å². The highest BCUT2D eigenvalue weighted by Crippen LogP contribution is 2.35. The number of halogens is 2. The quantitative estimate of drug-likeness (QED) is 0.520. The number of rotatable bonds is 3. The zero-order chi connectivity index (χ0) is 14.7. The number of non-ortho nitro benzene ring substituents is 1. The van der Waals surface area contributed by atoms with Gasteiger partial charge in [-0.2, -0.15) is 0 Å². The molecule has 0 bridgehead atoms. The molecule has 7 heteroatoms. The molecule has 1 N–H and O–H groups in total. The molecule has 0 spiro atoms. The first-order valence-corrected chi connectivity index (χ1v) is 6.19. The van der Waals surface area contributed by atoms with Gasteiger partial charge < -0.3 is 5.11 Å². The van der Waals surface area contributed by atoms with Gasteiger partial charge in [-0.3, -0.25) is 15.1 Å². The van der Waals surface area contributed by atoms with Crippen LogP contribution in [0.25, 0.3) is 0 Å². The van der Waals surface area contributed by atoms with E-state index in [2.05, 4.69) is 4.99 Å². The van der Waals surface area contributed by atoms with Gasteiger partial charge in [0.1, 0.15) is 0 Å². The van der Waals surface area contributed by atoms with Crippen LogP contribution < -0.4 is 0 Å². The fourth-order valence-electron chi connectivity index (χ4n) is 1.46. The van der Waals surface area contributed by atoms with Crippen LogP contribution >= 0.6 is 23.2 Å². The minimum atomic E-state index is -0.472. The van der Waals surface area contributed by atoms with E-state index < -0.39 is 4.92 Å². The summed E-state index contributed by atoms with van der Waals surface area (Å²) in [6.07, 6.45) is 1.52. The summed E-state index contributed by atoms with van der Waals surface area (Å²) in [5, 5.41) is 20.1. The van der Waals surface area contributed by atoms with E-state index in [9.17, 15) is 15.2 Å². The Morgan fingerprint density at radius 1 is 1.15 bits per heavy atom. The maximum absolute atomic E-state index is 10.5. The van der Waals surface area contributed by atoms with Gasteiger partial charge >= 0.3 is 0 Å². The molecule has 2 aromatic carbocycles. The molecule has 0 saturated heterocycles. The number of nitro groups is 1. The molecule has 2 rings (SSSR count).